The van der Waals surface area contributed by atoms with Crippen LogP contribution in [0, 0.1) is 0 Å². The summed E-state index contributed by atoms with van der Waals surface area (Å²) in [5.74, 6) is 0. The molecule has 2 N–H and O–H groups in total. The Labute approximate surface area is 60.3 Å². The molecule has 0 radical (unpaired) electrons. The summed E-state index contributed by atoms with van der Waals surface area (Å²) in [7, 11) is 0. The average molecular weight is 142 g/mol. The minimum absolute atomic E-state index is 0.0162. The van der Waals surface area contributed by atoms with Crippen molar-refractivity contribution in [2.75, 3.05) is 0 Å². The Morgan fingerprint density at radius 2 is 2.22 bits per heavy atom. The molecule has 0 saturated heterocycles. The zero-order valence-electron chi connectivity index (χ0n) is 5.56. The maximum absolute atomic E-state index is 4.88. The standard InChI is InChI=1S/C6H10N2S/c1-6(2)3-4-7-5(9)8-6/h3-4H,1-2H3,(H2,7,8,9). The molecular weight excluding hydrogens is 132 g/mol. The van der Waals surface area contributed by atoms with Crippen molar-refractivity contribution >= 4 is 17.3 Å². The van der Waals surface area contributed by atoms with Gasteiger partial charge in [0.25, 0.3) is 0 Å². The lowest BCUT2D eigenvalue weighted by Crippen LogP contribution is -2.49. The van der Waals surface area contributed by atoms with Gasteiger partial charge >= 0.3 is 0 Å². The van der Waals surface area contributed by atoms with Gasteiger partial charge in [0.15, 0.2) is 5.11 Å². The van der Waals surface area contributed by atoms with Crippen molar-refractivity contribution in [1.29, 1.82) is 0 Å². The molecule has 0 aromatic heterocycles. The molecule has 3 heteroatoms. The Balaban J connectivity index is 2.71. The predicted octanol–water partition coefficient (Wildman–Crippen LogP) is 0.756. The van der Waals surface area contributed by atoms with Crippen LogP contribution in [0.4, 0.5) is 0 Å². The zero-order chi connectivity index (χ0) is 6.91. The van der Waals surface area contributed by atoms with Gasteiger partial charge in [-0.1, -0.05) is 0 Å². The Morgan fingerprint density at radius 3 is 2.56 bits per heavy atom. The number of thiocarbonyl (C=S) groups is 1. The van der Waals surface area contributed by atoms with Gasteiger partial charge in [-0.05, 0) is 32.1 Å². The molecule has 1 aliphatic heterocycles. The van der Waals surface area contributed by atoms with Crippen LogP contribution in [-0.2, 0) is 0 Å². The number of rotatable bonds is 0. The third-order valence-corrected chi connectivity index (χ3v) is 1.37. The molecule has 0 fully saturated rings. The van der Waals surface area contributed by atoms with Crippen LogP contribution < -0.4 is 10.6 Å². The van der Waals surface area contributed by atoms with Crippen molar-refractivity contribution < 1.29 is 0 Å². The Morgan fingerprint density at radius 1 is 1.56 bits per heavy atom. The molecule has 1 rings (SSSR count). The number of nitrogens with one attached hydrogen (secondary N) is 2. The molecule has 0 amide bonds. The second-order valence-electron chi connectivity index (χ2n) is 2.65. The largest absolute Gasteiger partial charge is 0.354 e. The first kappa shape index (κ1) is 6.55. The summed E-state index contributed by atoms with van der Waals surface area (Å²) in [6, 6.07) is 0. The van der Waals surface area contributed by atoms with Crippen molar-refractivity contribution in [3.63, 3.8) is 0 Å². The molecule has 0 bridgehead atoms. The van der Waals surface area contributed by atoms with Crippen LogP contribution in [0.25, 0.3) is 0 Å². The maximum atomic E-state index is 4.88. The van der Waals surface area contributed by atoms with Gasteiger partial charge in [-0.3, -0.25) is 0 Å². The van der Waals surface area contributed by atoms with E-state index in [1.54, 1.807) is 0 Å². The lowest BCUT2D eigenvalue weighted by atomic mass is 10.1. The van der Waals surface area contributed by atoms with E-state index in [-0.39, 0.29) is 5.54 Å². The van der Waals surface area contributed by atoms with Crippen molar-refractivity contribution in [3.8, 4) is 0 Å². The third kappa shape index (κ3) is 1.68. The molecule has 0 unspecified atom stereocenters. The van der Waals surface area contributed by atoms with E-state index in [0.29, 0.717) is 5.11 Å². The van der Waals surface area contributed by atoms with Crippen LogP contribution in [0.1, 0.15) is 13.8 Å². The fourth-order valence-corrected chi connectivity index (χ4v) is 1.03. The molecule has 0 atom stereocenters. The first-order chi connectivity index (χ1) is 4.10. The van der Waals surface area contributed by atoms with Gasteiger partial charge < -0.3 is 10.6 Å². The summed E-state index contributed by atoms with van der Waals surface area (Å²) in [5, 5.41) is 6.66. The van der Waals surface area contributed by atoms with E-state index in [1.165, 1.54) is 0 Å². The predicted molar refractivity (Wildman–Crippen MR) is 42.1 cm³/mol. The van der Waals surface area contributed by atoms with Crippen molar-refractivity contribution in [2.24, 2.45) is 0 Å². The highest BCUT2D eigenvalue weighted by Crippen LogP contribution is 2.05. The molecule has 0 spiro atoms. The van der Waals surface area contributed by atoms with E-state index in [9.17, 15) is 0 Å². The van der Waals surface area contributed by atoms with Gasteiger partial charge in [-0.15, -0.1) is 0 Å². The normalized spacial score (nSPS) is 22.7. The summed E-state index contributed by atoms with van der Waals surface area (Å²) < 4.78 is 0. The van der Waals surface area contributed by atoms with Crippen molar-refractivity contribution in [3.05, 3.63) is 12.3 Å². The lowest BCUT2D eigenvalue weighted by molar-refractivity contribution is 0.560. The number of hydrogen-bond donors (Lipinski definition) is 2. The van der Waals surface area contributed by atoms with E-state index in [1.807, 2.05) is 12.3 Å². The van der Waals surface area contributed by atoms with Crippen LogP contribution >= 0.6 is 12.2 Å². The molecule has 0 aliphatic carbocycles. The SMILES string of the molecule is CC1(C)C=CNC(=S)N1. The molecule has 1 aliphatic rings. The van der Waals surface area contributed by atoms with Crippen LogP contribution in [0.5, 0.6) is 0 Å². The third-order valence-electron chi connectivity index (χ3n) is 1.15. The number of hydrogen-bond acceptors (Lipinski definition) is 1. The fourth-order valence-electron chi connectivity index (χ4n) is 0.696. The Kier molecular flexibility index (Phi) is 1.45. The summed E-state index contributed by atoms with van der Waals surface area (Å²) in [4.78, 5) is 0. The van der Waals surface area contributed by atoms with Gasteiger partial charge in [0.05, 0.1) is 5.54 Å². The monoisotopic (exact) mass is 142 g/mol. The molecular formula is C6H10N2S. The van der Waals surface area contributed by atoms with Gasteiger partial charge in [0.2, 0.25) is 0 Å². The van der Waals surface area contributed by atoms with E-state index >= 15 is 0 Å². The summed E-state index contributed by atoms with van der Waals surface area (Å²) in [6.45, 7) is 4.13. The van der Waals surface area contributed by atoms with Gasteiger partial charge in [0.1, 0.15) is 0 Å². The van der Waals surface area contributed by atoms with Crippen LogP contribution in [0.15, 0.2) is 12.3 Å². The lowest BCUT2D eigenvalue weighted by Gasteiger charge is -2.27. The minimum Gasteiger partial charge on any atom is -0.354 e. The fraction of sp³-hybridized carbons (Fsp3) is 0.500. The van der Waals surface area contributed by atoms with Gasteiger partial charge in [-0.2, -0.15) is 0 Å². The van der Waals surface area contributed by atoms with E-state index in [2.05, 4.69) is 24.5 Å². The topological polar surface area (TPSA) is 24.1 Å². The Bertz CT molecular complexity index is 160. The quantitative estimate of drug-likeness (QED) is 0.488. The van der Waals surface area contributed by atoms with E-state index < -0.39 is 0 Å². The van der Waals surface area contributed by atoms with E-state index in [0.717, 1.165) is 0 Å². The zero-order valence-corrected chi connectivity index (χ0v) is 6.38. The summed E-state index contributed by atoms with van der Waals surface area (Å²) in [6.07, 6.45) is 3.89. The maximum Gasteiger partial charge on any atom is 0.170 e. The second-order valence-corrected chi connectivity index (χ2v) is 3.06. The van der Waals surface area contributed by atoms with Gasteiger partial charge in [-0.25, -0.2) is 0 Å². The molecule has 2 nitrogen and oxygen atoms in total. The summed E-state index contributed by atoms with van der Waals surface area (Å²) in [5.41, 5.74) is 0.0162. The highest BCUT2D eigenvalue weighted by molar-refractivity contribution is 7.80. The Hall–Kier alpha value is -0.570. The first-order valence-corrected chi connectivity index (χ1v) is 3.27. The second kappa shape index (κ2) is 1.99. The smallest absolute Gasteiger partial charge is 0.170 e. The molecule has 0 saturated carbocycles. The van der Waals surface area contributed by atoms with E-state index in [4.69, 9.17) is 12.2 Å². The highest BCUT2D eigenvalue weighted by atomic mass is 32.1. The molecule has 1 heterocycles. The van der Waals surface area contributed by atoms with Crippen molar-refractivity contribution in [2.45, 2.75) is 19.4 Å². The highest BCUT2D eigenvalue weighted by Gasteiger charge is 2.16. The average Bonchev–Trinajstić information content (AvgIpc) is 1.60. The molecule has 0 aromatic rings. The minimum atomic E-state index is 0.0162. The van der Waals surface area contributed by atoms with Crippen LogP contribution in [0.2, 0.25) is 0 Å². The first-order valence-electron chi connectivity index (χ1n) is 2.86. The molecule has 0 aromatic carbocycles. The van der Waals surface area contributed by atoms with Crippen LogP contribution in [0.3, 0.4) is 0 Å². The molecule has 9 heavy (non-hydrogen) atoms. The van der Waals surface area contributed by atoms with Crippen molar-refractivity contribution in [1.82, 2.24) is 10.6 Å². The summed E-state index contributed by atoms with van der Waals surface area (Å²) >= 11 is 4.88. The van der Waals surface area contributed by atoms with Gasteiger partial charge in [0, 0.05) is 6.20 Å². The molecule has 50 valence electrons. The van der Waals surface area contributed by atoms with Crippen LogP contribution in [-0.4, -0.2) is 10.7 Å².